The van der Waals surface area contributed by atoms with Crippen molar-refractivity contribution in [1.29, 1.82) is 0 Å². The van der Waals surface area contributed by atoms with Crippen molar-refractivity contribution in [2.75, 3.05) is 37.5 Å². The van der Waals surface area contributed by atoms with Crippen molar-refractivity contribution in [2.24, 2.45) is 0 Å². The van der Waals surface area contributed by atoms with E-state index in [0.717, 1.165) is 28.0 Å². The van der Waals surface area contributed by atoms with E-state index in [4.69, 9.17) is 9.47 Å². The van der Waals surface area contributed by atoms with Crippen molar-refractivity contribution in [3.8, 4) is 0 Å². The molecule has 3 rings (SSSR count). The van der Waals surface area contributed by atoms with Crippen molar-refractivity contribution >= 4 is 28.3 Å². The van der Waals surface area contributed by atoms with Gasteiger partial charge in [0.2, 0.25) is 0 Å². The molecule has 0 aliphatic rings. The van der Waals surface area contributed by atoms with Crippen LogP contribution in [0.25, 0.3) is 10.9 Å². The Hall–Kier alpha value is -3.03. The van der Waals surface area contributed by atoms with Gasteiger partial charge >= 0.3 is 0 Å². The Kier molecular flexibility index (Phi) is 7.10. The summed E-state index contributed by atoms with van der Waals surface area (Å²) in [6.07, 6.45) is 1.48. The minimum atomic E-state index is -0.186. The number of ether oxygens (including phenoxy) is 2. The zero-order valence-electron chi connectivity index (χ0n) is 17.0. The topological polar surface area (TPSA) is 85.4 Å². The normalized spacial score (nSPS) is 10.9. The first-order chi connectivity index (χ1) is 14.1. The number of benzene rings is 2. The third-order valence-electron chi connectivity index (χ3n) is 4.66. The molecular formula is C22H26N4O3. The van der Waals surface area contributed by atoms with Crippen molar-refractivity contribution in [3.63, 3.8) is 0 Å². The molecule has 0 aliphatic heterocycles. The smallest absolute Gasteiger partial charge is 0.255 e. The average Bonchev–Trinajstić information content (AvgIpc) is 2.75. The highest BCUT2D eigenvalue weighted by Gasteiger charge is 2.12. The number of hydrogen-bond acceptors (Lipinski definition) is 6. The summed E-state index contributed by atoms with van der Waals surface area (Å²) in [7, 11) is 1.80. The SMILES string of the molecule is CCOCCOCc1cccc(NC(=O)c2ccc3c(NC)ncnc3c2)c1C. The Morgan fingerprint density at radius 3 is 2.72 bits per heavy atom. The summed E-state index contributed by atoms with van der Waals surface area (Å²) in [5, 5.41) is 6.89. The number of hydrogen-bond donors (Lipinski definition) is 2. The highest BCUT2D eigenvalue weighted by atomic mass is 16.5. The van der Waals surface area contributed by atoms with E-state index in [1.54, 1.807) is 19.2 Å². The lowest BCUT2D eigenvalue weighted by atomic mass is 10.1. The van der Waals surface area contributed by atoms with E-state index in [2.05, 4.69) is 20.6 Å². The van der Waals surface area contributed by atoms with Gasteiger partial charge in [-0.05, 0) is 49.2 Å². The first kappa shape index (κ1) is 20.7. The molecule has 0 unspecified atom stereocenters. The summed E-state index contributed by atoms with van der Waals surface area (Å²) in [6, 6.07) is 11.2. The second-order valence-electron chi connectivity index (χ2n) is 6.50. The molecular weight excluding hydrogens is 368 g/mol. The lowest BCUT2D eigenvalue weighted by molar-refractivity contribution is 0.0451. The third-order valence-corrected chi connectivity index (χ3v) is 4.66. The van der Waals surface area contributed by atoms with Crippen LogP contribution in [0, 0.1) is 6.92 Å². The van der Waals surface area contributed by atoms with E-state index >= 15 is 0 Å². The quantitative estimate of drug-likeness (QED) is 0.537. The molecule has 7 nitrogen and oxygen atoms in total. The molecule has 2 N–H and O–H groups in total. The molecule has 0 saturated carbocycles. The maximum atomic E-state index is 12.8. The third kappa shape index (κ3) is 5.07. The van der Waals surface area contributed by atoms with Crippen LogP contribution < -0.4 is 10.6 Å². The molecule has 29 heavy (non-hydrogen) atoms. The van der Waals surface area contributed by atoms with E-state index in [0.29, 0.717) is 37.5 Å². The Bertz CT molecular complexity index is 991. The Morgan fingerprint density at radius 2 is 1.93 bits per heavy atom. The van der Waals surface area contributed by atoms with Crippen LogP contribution in [-0.4, -0.2) is 42.7 Å². The fourth-order valence-electron chi connectivity index (χ4n) is 3.01. The first-order valence-electron chi connectivity index (χ1n) is 9.62. The molecule has 0 fully saturated rings. The maximum absolute atomic E-state index is 12.8. The van der Waals surface area contributed by atoms with E-state index in [1.807, 2.05) is 38.1 Å². The molecule has 7 heteroatoms. The number of carbonyl (C=O) groups is 1. The van der Waals surface area contributed by atoms with Gasteiger partial charge in [-0.15, -0.1) is 0 Å². The molecule has 0 radical (unpaired) electrons. The predicted molar refractivity (Wildman–Crippen MR) is 114 cm³/mol. The second-order valence-corrected chi connectivity index (χ2v) is 6.50. The number of anilines is 2. The molecule has 0 saturated heterocycles. The number of rotatable bonds is 9. The largest absolute Gasteiger partial charge is 0.379 e. The zero-order chi connectivity index (χ0) is 20.6. The van der Waals surface area contributed by atoms with Gasteiger partial charge in [0.15, 0.2) is 0 Å². The molecule has 2 aromatic carbocycles. The van der Waals surface area contributed by atoms with Crippen molar-refractivity contribution < 1.29 is 14.3 Å². The summed E-state index contributed by atoms with van der Waals surface area (Å²) in [4.78, 5) is 21.2. The van der Waals surface area contributed by atoms with Crippen molar-refractivity contribution in [3.05, 3.63) is 59.4 Å². The van der Waals surface area contributed by atoms with E-state index in [9.17, 15) is 4.79 Å². The summed E-state index contributed by atoms with van der Waals surface area (Å²) >= 11 is 0. The molecule has 0 aliphatic carbocycles. The van der Waals surface area contributed by atoms with Gasteiger partial charge in [0.25, 0.3) is 5.91 Å². The van der Waals surface area contributed by atoms with Gasteiger partial charge in [0, 0.05) is 30.3 Å². The summed E-state index contributed by atoms with van der Waals surface area (Å²) in [5.41, 5.74) is 4.03. The van der Waals surface area contributed by atoms with Crippen LogP contribution in [-0.2, 0) is 16.1 Å². The lowest BCUT2D eigenvalue weighted by Crippen LogP contribution is -2.14. The Labute approximate surface area is 170 Å². The van der Waals surface area contributed by atoms with Crippen LogP contribution in [0.1, 0.15) is 28.4 Å². The van der Waals surface area contributed by atoms with Crippen LogP contribution in [0.3, 0.4) is 0 Å². The van der Waals surface area contributed by atoms with Gasteiger partial charge in [0.1, 0.15) is 12.1 Å². The number of aromatic nitrogens is 2. The molecule has 0 bridgehead atoms. The standard InChI is InChI=1S/C22H26N4O3/c1-4-28-10-11-29-13-17-6-5-7-19(15(17)2)26-22(27)16-8-9-18-20(12-16)24-14-25-21(18)23-3/h5-9,12,14H,4,10-11,13H2,1-3H3,(H,26,27)(H,23,24,25). The Balaban J connectivity index is 1.72. The van der Waals surface area contributed by atoms with Crippen molar-refractivity contribution in [2.45, 2.75) is 20.5 Å². The van der Waals surface area contributed by atoms with Gasteiger partial charge in [-0.1, -0.05) is 12.1 Å². The summed E-state index contributed by atoms with van der Waals surface area (Å²) < 4.78 is 10.9. The van der Waals surface area contributed by atoms with Gasteiger partial charge in [-0.25, -0.2) is 9.97 Å². The number of nitrogens with zero attached hydrogens (tertiary/aromatic N) is 2. The van der Waals surface area contributed by atoms with Crippen LogP contribution in [0.4, 0.5) is 11.5 Å². The maximum Gasteiger partial charge on any atom is 0.255 e. The van der Waals surface area contributed by atoms with Crippen LogP contribution in [0.15, 0.2) is 42.7 Å². The summed E-state index contributed by atoms with van der Waals surface area (Å²) in [6.45, 7) is 6.20. The number of carbonyl (C=O) groups excluding carboxylic acids is 1. The fraction of sp³-hybridized carbons (Fsp3) is 0.318. The lowest BCUT2D eigenvalue weighted by Gasteiger charge is -2.13. The van der Waals surface area contributed by atoms with Crippen molar-refractivity contribution in [1.82, 2.24) is 9.97 Å². The van der Waals surface area contributed by atoms with E-state index in [-0.39, 0.29) is 5.91 Å². The molecule has 3 aromatic rings. The van der Waals surface area contributed by atoms with Gasteiger partial charge < -0.3 is 20.1 Å². The second kappa shape index (κ2) is 9.95. The molecule has 1 amide bonds. The Morgan fingerprint density at radius 1 is 1.10 bits per heavy atom. The zero-order valence-corrected chi connectivity index (χ0v) is 17.0. The molecule has 0 atom stereocenters. The highest BCUT2D eigenvalue weighted by molar-refractivity contribution is 6.07. The molecule has 152 valence electrons. The highest BCUT2D eigenvalue weighted by Crippen LogP contribution is 2.23. The minimum absolute atomic E-state index is 0.186. The fourth-order valence-corrected chi connectivity index (χ4v) is 3.01. The minimum Gasteiger partial charge on any atom is -0.379 e. The van der Waals surface area contributed by atoms with Gasteiger partial charge in [-0.2, -0.15) is 0 Å². The van der Waals surface area contributed by atoms with Gasteiger partial charge in [-0.3, -0.25) is 4.79 Å². The monoisotopic (exact) mass is 394 g/mol. The molecule has 1 aromatic heterocycles. The van der Waals surface area contributed by atoms with Crippen LogP contribution in [0.2, 0.25) is 0 Å². The number of amides is 1. The van der Waals surface area contributed by atoms with Crippen LogP contribution in [0.5, 0.6) is 0 Å². The molecule has 0 spiro atoms. The summed E-state index contributed by atoms with van der Waals surface area (Å²) in [5.74, 6) is 0.545. The molecule has 1 heterocycles. The number of nitrogens with one attached hydrogen (secondary N) is 2. The average molecular weight is 394 g/mol. The van der Waals surface area contributed by atoms with Gasteiger partial charge in [0.05, 0.1) is 25.3 Å². The van der Waals surface area contributed by atoms with E-state index in [1.165, 1.54) is 6.33 Å². The number of fused-ring (bicyclic) bond motifs is 1. The first-order valence-corrected chi connectivity index (χ1v) is 9.62. The van der Waals surface area contributed by atoms with E-state index < -0.39 is 0 Å². The predicted octanol–water partition coefficient (Wildman–Crippen LogP) is 3.79. The van der Waals surface area contributed by atoms with Crippen LogP contribution >= 0.6 is 0 Å².